The van der Waals surface area contributed by atoms with Crippen molar-refractivity contribution in [3.8, 4) is 0 Å². The van der Waals surface area contributed by atoms with Crippen LogP contribution >= 0.6 is 0 Å². The second-order valence-corrected chi connectivity index (χ2v) is 3.34. The van der Waals surface area contributed by atoms with Crippen LogP contribution in [-0.4, -0.2) is 12.7 Å². The predicted molar refractivity (Wildman–Crippen MR) is 47.4 cm³/mol. The summed E-state index contributed by atoms with van der Waals surface area (Å²) < 4.78 is 5.65. The predicted octanol–water partition coefficient (Wildman–Crippen LogP) is 2.95. The zero-order valence-electron chi connectivity index (χ0n) is 7.35. The van der Waals surface area contributed by atoms with Gasteiger partial charge in [-0.1, -0.05) is 32.6 Å². The van der Waals surface area contributed by atoms with Gasteiger partial charge in [0.1, 0.15) is 0 Å². The maximum Gasteiger partial charge on any atom is 0.0575 e. The molecule has 0 atom stereocenters. The molecule has 0 aliphatic heterocycles. The minimum absolute atomic E-state index is 0.555. The Labute approximate surface area is 70.1 Å². The quantitative estimate of drug-likeness (QED) is 0.569. The van der Waals surface area contributed by atoms with Crippen LogP contribution in [0.25, 0.3) is 0 Å². The fourth-order valence-corrected chi connectivity index (χ4v) is 1.66. The van der Waals surface area contributed by atoms with Crippen LogP contribution in [0.15, 0.2) is 0 Å². The minimum Gasteiger partial charge on any atom is -0.378 e. The first kappa shape index (κ1) is 9.05. The van der Waals surface area contributed by atoms with Gasteiger partial charge in [0.05, 0.1) is 6.10 Å². The van der Waals surface area contributed by atoms with E-state index in [1.165, 1.54) is 38.5 Å². The molecule has 0 saturated heterocycles. The Morgan fingerprint density at radius 2 is 1.73 bits per heavy atom. The molecule has 1 heteroatoms. The molecule has 0 amide bonds. The van der Waals surface area contributed by atoms with Crippen LogP contribution in [0.5, 0.6) is 0 Å². The van der Waals surface area contributed by atoms with Gasteiger partial charge in [-0.2, -0.15) is 0 Å². The van der Waals surface area contributed by atoms with Crippen molar-refractivity contribution >= 4 is 0 Å². The lowest BCUT2D eigenvalue weighted by Crippen LogP contribution is -2.11. The maximum absolute atomic E-state index is 5.65. The standard InChI is InChI=1S/C10H19O/c1-2-9-11-10-7-5-3-4-6-8-10/h10H,1-9H2. The lowest BCUT2D eigenvalue weighted by Gasteiger charge is -2.13. The monoisotopic (exact) mass is 155 g/mol. The van der Waals surface area contributed by atoms with Crippen LogP contribution in [0.3, 0.4) is 0 Å². The molecule has 11 heavy (non-hydrogen) atoms. The van der Waals surface area contributed by atoms with E-state index in [-0.39, 0.29) is 0 Å². The molecule has 1 aliphatic carbocycles. The summed E-state index contributed by atoms with van der Waals surface area (Å²) in [4.78, 5) is 0. The van der Waals surface area contributed by atoms with Gasteiger partial charge in [0.2, 0.25) is 0 Å². The van der Waals surface area contributed by atoms with Gasteiger partial charge in [-0.3, -0.25) is 0 Å². The lowest BCUT2D eigenvalue weighted by molar-refractivity contribution is 0.0460. The van der Waals surface area contributed by atoms with Crippen molar-refractivity contribution in [1.82, 2.24) is 0 Å². The number of hydrogen-bond donors (Lipinski definition) is 0. The first-order chi connectivity index (χ1) is 5.43. The van der Waals surface area contributed by atoms with E-state index >= 15 is 0 Å². The smallest absolute Gasteiger partial charge is 0.0575 e. The molecule has 1 radical (unpaired) electrons. The Morgan fingerprint density at radius 3 is 2.27 bits per heavy atom. The highest BCUT2D eigenvalue weighted by atomic mass is 16.5. The van der Waals surface area contributed by atoms with Crippen LogP contribution in [0.1, 0.15) is 44.9 Å². The van der Waals surface area contributed by atoms with E-state index < -0.39 is 0 Å². The molecule has 1 nitrogen and oxygen atoms in total. The van der Waals surface area contributed by atoms with Gasteiger partial charge in [-0.05, 0) is 19.3 Å². The third-order valence-electron chi connectivity index (χ3n) is 2.30. The van der Waals surface area contributed by atoms with Crippen molar-refractivity contribution in [3.05, 3.63) is 6.92 Å². The SMILES string of the molecule is [CH2]CCOC1CCCCCC1. The van der Waals surface area contributed by atoms with Gasteiger partial charge >= 0.3 is 0 Å². The van der Waals surface area contributed by atoms with Gasteiger partial charge in [0, 0.05) is 6.61 Å². The van der Waals surface area contributed by atoms with Crippen molar-refractivity contribution in [2.75, 3.05) is 6.61 Å². The Bertz CT molecular complexity index is 82.9. The molecule has 1 saturated carbocycles. The van der Waals surface area contributed by atoms with E-state index in [2.05, 4.69) is 6.92 Å². The van der Waals surface area contributed by atoms with Crippen LogP contribution in [0.4, 0.5) is 0 Å². The minimum atomic E-state index is 0.555. The second kappa shape index (κ2) is 5.59. The Hall–Kier alpha value is -0.0400. The van der Waals surface area contributed by atoms with Gasteiger partial charge in [0.25, 0.3) is 0 Å². The van der Waals surface area contributed by atoms with Gasteiger partial charge in [0.15, 0.2) is 0 Å². The number of hydrogen-bond acceptors (Lipinski definition) is 1. The highest BCUT2D eigenvalue weighted by Gasteiger charge is 2.11. The first-order valence-electron chi connectivity index (χ1n) is 4.84. The molecule has 0 spiro atoms. The number of ether oxygens (including phenoxy) is 1. The summed E-state index contributed by atoms with van der Waals surface area (Å²) in [5, 5.41) is 0. The molecule has 0 heterocycles. The molecule has 0 aromatic rings. The highest BCUT2D eigenvalue weighted by molar-refractivity contribution is 4.63. The van der Waals surface area contributed by atoms with E-state index in [4.69, 9.17) is 4.74 Å². The Kier molecular flexibility index (Phi) is 4.60. The summed E-state index contributed by atoms with van der Waals surface area (Å²) in [6.45, 7) is 4.62. The average molecular weight is 155 g/mol. The van der Waals surface area contributed by atoms with Crippen LogP contribution in [0, 0.1) is 6.92 Å². The molecule has 0 aromatic carbocycles. The molecule has 0 bridgehead atoms. The van der Waals surface area contributed by atoms with Gasteiger partial charge < -0.3 is 4.74 Å². The molecule has 0 unspecified atom stereocenters. The average Bonchev–Trinajstić information content (AvgIpc) is 2.28. The van der Waals surface area contributed by atoms with E-state index in [0.717, 1.165) is 13.0 Å². The lowest BCUT2D eigenvalue weighted by atomic mass is 10.1. The summed E-state index contributed by atoms with van der Waals surface area (Å²) in [6, 6.07) is 0. The number of rotatable bonds is 3. The summed E-state index contributed by atoms with van der Waals surface area (Å²) in [5.74, 6) is 0. The zero-order chi connectivity index (χ0) is 7.94. The van der Waals surface area contributed by atoms with Crippen molar-refractivity contribution in [2.45, 2.75) is 51.0 Å². The summed E-state index contributed by atoms with van der Waals surface area (Å²) in [6.07, 6.45) is 9.56. The molecule has 1 rings (SSSR count). The fraction of sp³-hybridized carbons (Fsp3) is 0.900. The molecular weight excluding hydrogens is 136 g/mol. The summed E-state index contributed by atoms with van der Waals surface area (Å²) >= 11 is 0. The summed E-state index contributed by atoms with van der Waals surface area (Å²) in [5.41, 5.74) is 0. The topological polar surface area (TPSA) is 9.23 Å². The summed E-state index contributed by atoms with van der Waals surface area (Å²) in [7, 11) is 0. The molecule has 0 aromatic heterocycles. The normalized spacial score (nSPS) is 21.5. The second-order valence-electron chi connectivity index (χ2n) is 3.34. The molecule has 1 fully saturated rings. The van der Waals surface area contributed by atoms with E-state index in [1.807, 2.05) is 0 Å². The third kappa shape index (κ3) is 3.76. The van der Waals surface area contributed by atoms with Gasteiger partial charge in [-0.15, -0.1) is 0 Å². The van der Waals surface area contributed by atoms with Crippen LogP contribution in [0.2, 0.25) is 0 Å². The van der Waals surface area contributed by atoms with E-state index in [0.29, 0.717) is 6.10 Å². The van der Waals surface area contributed by atoms with Crippen molar-refractivity contribution in [1.29, 1.82) is 0 Å². The molecular formula is C10H19O. The van der Waals surface area contributed by atoms with E-state index in [1.54, 1.807) is 0 Å². The van der Waals surface area contributed by atoms with Crippen molar-refractivity contribution in [3.63, 3.8) is 0 Å². The third-order valence-corrected chi connectivity index (χ3v) is 2.30. The highest BCUT2D eigenvalue weighted by Crippen LogP contribution is 2.19. The van der Waals surface area contributed by atoms with Crippen LogP contribution < -0.4 is 0 Å². The molecule has 0 N–H and O–H groups in total. The maximum atomic E-state index is 5.65. The van der Waals surface area contributed by atoms with Crippen molar-refractivity contribution in [2.24, 2.45) is 0 Å². The van der Waals surface area contributed by atoms with Gasteiger partial charge in [-0.25, -0.2) is 0 Å². The largest absolute Gasteiger partial charge is 0.378 e. The van der Waals surface area contributed by atoms with Crippen LogP contribution in [-0.2, 0) is 4.74 Å². The zero-order valence-corrected chi connectivity index (χ0v) is 7.35. The Morgan fingerprint density at radius 1 is 1.09 bits per heavy atom. The van der Waals surface area contributed by atoms with E-state index in [9.17, 15) is 0 Å². The Balaban J connectivity index is 2.09. The first-order valence-corrected chi connectivity index (χ1v) is 4.84. The fourth-order valence-electron chi connectivity index (χ4n) is 1.66. The molecule has 1 aliphatic rings. The van der Waals surface area contributed by atoms with Crippen molar-refractivity contribution < 1.29 is 4.74 Å². The molecule has 65 valence electrons.